The standard InChI is InChI=1S/C36H58O8/c1-22(2)12-11-15-35(9,40)36(41)19-18-34(8)30(36)24(43-23(3)37)20-26-32(6)16-14-27(44-29(39)21-28(38)42-10)31(4,5)25(32)13-17-33(26,34)7/h12,24-27,30,40-41H,11,13-21H2,1-10H3/t24?,25?,26?,27-,30?,32+,33-,34-,35?,36-/m1/s1. The first kappa shape index (κ1) is 34.9. The lowest BCUT2D eigenvalue weighted by Crippen LogP contribution is -2.70. The van der Waals surface area contributed by atoms with E-state index in [1.54, 1.807) is 6.92 Å². The Bertz CT molecular complexity index is 1170. The van der Waals surface area contributed by atoms with Gasteiger partial charge in [0.25, 0.3) is 0 Å². The summed E-state index contributed by atoms with van der Waals surface area (Å²) in [6, 6.07) is 0. The first-order valence-corrected chi connectivity index (χ1v) is 16.7. The van der Waals surface area contributed by atoms with Gasteiger partial charge in [0.15, 0.2) is 0 Å². The molecule has 4 rings (SSSR count). The molecular formula is C36H58O8. The topological polar surface area (TPSA) is 119 Å². The van der Waals surface area contributed by atoms with Crippen molar-refractivity contribution in [2.75, 3.05) is 7.11 Å². The minimum absolute atomic E-state index is 0.124. The molecule has 0 aromatic rings. The molecule has 0 spiro atoms. The molecule has 44 heavy (non-hydrogen) atoms. The van der Waals surface area contributed by atoms with Crippen LogP contribution in [0.3, 0.4) is 0 Å². The Balaban J connectivity index is 1.70. The lowest BCUT2D eigenvalue weighted by molar-refractivity contribution is -0.274. The maximum Gasteiger partial charge on any atom is 0.317 e. The molecule has 8 heteroatoms. The van der Waals surface area contributed by atoms with Crippen LogP contribution in [0.25, 0.3) is 0 Å². The maximum atomic E-state index is 12.6. The number of esters is 3. The SMILES string of the molecule is COC(=O)CC(=O)O[C@@H]1CC[C@@]2(C)C(CC[C@]3(C)C2CC(OC(C)=O)C2[C@@](O)(C(C)(O)CCC=C(C)C)CC[C@]23C)C1(C)C. The zero-order valence-electron chi connectivity index (χ0n) is 28.9. The van der Waals surface area contributed by atoms with E-state index in [0.717, 1.165) is 25.7 Å². The van der Waals surface area contributed by atoms with E-state index in [1.807, 2.05) is 13.8 Å². The first-order chi connectivity index (χ1) is 20.2. The molecule has 4 fully saturated rings. The Morgan fingerprint density at radius 3 is 2.14 bits per heavy atom. The third kappa shape index (κ3) is 5.44. The van der Waals surface area contributed by atoms with E-state index in [1.165, 1.54) is 19.6 Å². The van der Waals surface area contributed by atoms with E-state index in [2.05, 4.69) is 45.4 Å². The average Bonchev–Trinajstić information content (AvgIpc) is 3.20. The van der Waals surface area contributed by atoms with Gasteiger partial charge in [-0.25, -0.2) is 0 Å². The number of carbonyl (C=O) groups excluding carboxylic acids is 3. The molecule has 8 nitrogen and oxygen atoms in total. The van der Waals surface area contributed by atoms with Crippen molar-refractivity contribution in [2.45, 2.75) is 150 Å². The lowest BCUT2D eigenvalue weighted by atomic mass is 9.35. The van der Waals surface area contributed by atoms with E-state index in [-0.39, 0.29) is 45.6 Å². The molecule has 0 amide bonds. The molecular weight excluding hydrogens is 560 g/mol. The second-order valence-corrected chi connectivity index (χ2v) is 16.5. The van der Waals surface area contributed by atoms with Gasteiger partial charge in [-0.15, -0.1) is 0 Å². The summed E-state index contributed by atoms with van der Waals surface area (Å²) in [4.78, 5) is 36.9. The Morgan fingerprint density at radius 2 is 1.55 bits per heavy atom. The van der Waals surface area contributed by atoms with Crippen LogP contribution in [-0.2, 0) is 28.6 Å². The molecule has 4 aliphatic rings. The highest BCUT2D eigenvalue weighted by Crippen LogP contribution is 2.76. The quantitative estimate of drug-likeness (QED) is 0.141. The van der Waals surface area contributed by atoms with Crippen molar-refractivity contribution >= 4 is 17.9 Å². The van der Waals surface area contributed by atoms with E-state index < -0.39 is 41.6 Å². The van der Waals surface area contributed by atoms with Crippen LogP contribution in [0.5, 0.6) is 0 Å². The van der Waals surface area contributed by atoms with Crippen LogP contribution < -0.4 is 0 Å². The molecule has 0 aromatic heterocycles. The smallest absolute Gasteiger partial charge is 0.317 e. The second-order valence-electron chi connectivity index (χ2n) is 16.5. The second kappa shape index (κ2) is 11.7. The Morgan fingerprint density at radius 1 is 0.886 bits per heavy atom. The fourth-order valence-corrected chi connectivity index (χ4v) is 11.1. The minimum Gasteiger partial charge on any atom is -0.469 e. The number of aliphatic hydroxyl groups is 2. The zero-order chi connectivity index (χ0) is 33.1. The van der Waals surface area contributed by atoms with Crippen molar-refractivity contribution in [1.29, 1.82) is 0 Å². The number of carbonyl (C=O) groups is 3. The van der Waals surface area contributed by atoms with E-state index >= 15 is 0 Å². The van der Waals surface area contributed by atoms with Crippen LogP contribution in [0.4, 0.5) is 0 Å². The summed E-state index contributed by atoms with van der Waals surface area (Å²) in [5.74, 6) is -1.48. The van der Waals surface area contributed by atoms with Gasteiger partial charge in [0, 0.05) is 18.3 Å². The highest BCUT2D eigenvalue weighted by atomic mass is 16.6. The number of fused-ring (bicyclic) bond motifs is 5. The third-order valence-corrected chi connectivity index (χ3v) is 13.6. The normalized spacial score (nSPS) is 42.0. The van der Waals surface area contributed by atoms with Crippen molar-refractivity contribution in [1.82, 2.24) is 0 Å². The van der Waals surface area contributed by atoms with E-state index in [9.17, 15) is 24.6 Å². The van der Waals surface area contributed by atoms with Gasteiger partial charge < -0.3 is 24.4 Å². The van der Waals surface area contributed by atoms with Crippen molar-refractivity contribution in [2.24, 2.45) is 39.4 Å². The highest BCUT2D eigenvalue weighted by molar-refractivity contribution is 5.91. The Kier molecular flexibility index (Phi) is 9.29. The van der Waals surface area contributed by atoms with Crippen LogP contribution in [0.2, 0.25) is 0 Å². The highest BCUT2D eigenvalue weighted by Gasteiger charge is 2.75. The van der Waals surface area contributed by atoms with Crippen molar-refractivity contribution in [3.63, 3.8) is 0 Å². The van der Waals surface area contributed by atoms with Gasteiger partial charge in [-0.1, -0.05) is 46.3 Å². The largest absolute Gasteiger partial charge is 0.469 e. The van der Waals surface area contributed by atoms with Crippen molar-refractivity contribution < 1.29 is 38.8 Å². The molecule has 0 aromatic carbocycles. The number of methoxy groups -OCH3 is 1. The van der Waals surface area contributed by atoms with E-state index in [4.69, 9.17) is 9.47 Å². The van der Waals surface area contributed by atoms with Crippen LogP contribution >= 0.6 is 0 Å². The number of rotatable bonds is 8. The molecule has 0 saturated heterocycles. The van der Waals surface area contributed by atoms with Gasteiger partial charge in [-0.2, -0.15) is 0 Å². The zero-order valence-corrected chi connectivity index (χ0v) is 28.9. The number of hydrogen-bond donors (Lipinski definition) is 2. The molecule has 250 valence electrons. The molecule has 4 saturated carbocycles. The summed E-state index contributed by atoms with van der Waals surface area (Å²) < 4.78 is 16.8. The summed E-state index contributed by atoms with van der Waals surface area (Å²) in [6.07, 6.45) is 7.19. The van der Waals surface area contributed by atoms with Gasteiger partial charge in [-0.3, -0.25) is 14.4 Å². The van der Waals surface area contributed by atoms with Gasteiger partial charge in [0.2, 0.25) is 0 Å². The van der Waals surface area contributed by atoms with E-state index in [0.29, 0.717) is 32.1 Å². The molecule has 0 heterocycles. The predicted molar refractivity (Wildman–Crippen MR) is 167 cm³/mol. The van der Waals surface area contributed by atoms with Crippen LogP contribution in [0, 0.1) is 39.4 Å². The van der Waals surface area contributed by atoms with Gasteiger partial charge in [0.05, 0.1) is 18.3 Å². The minimum atomic E-state index is -1.39. The Hall–Kier alpha value is -1.93. The summed E-state index contributed by atoms with van der Waals surface area (Å²) in [6.45, 7) is 18.7. The molecule has 0 radical (unpaired) electrons. The summed E-state index contributed by atoms with van der Waals surface area (Å²) in [5.41, 5.74) is -2.56. The van der Waals surface area contributed by atoms with Crippen LogP contribution in [0.1, 0.15) is 127 Å². The lowest BCUT2D eigenvalue weighted by Gasteiger charge is -2.71. The Labute approximate surface area is 264 Å². The molecule has 5 unspecified atom stereocenters. The van der Waals surface area contributed by atoms with Gasteiger partial charge >= 0.3 is 17.9 Å². The first-order valence-electron chi connectivity index (χ1n) is 16.7. The third-order valence-electron chi connectivity index (χ3n) is 13.6. The number of allylic oxidation sites excluding steroid dienone is 2. The molecule has 2 N–H and O–H groups in total. The number of hydrogen-bond acceptors (Lipinski definition) is 8. The number of ether oxygens (including phenoxy) is 3. The molecule has 0 bridgehead atoms. The average molecular weight is 619 g/mol. The van der Waals surface area contributed by atoms with Crippen molar-refractivity contribution in [3.8, 4) is 0 Å². The van der Waals surface area contributed by atoms with Crippen LogP contribution in [-0.4, -0.2) is 58.6 Å². The van der Waals surface area contributed by atoms with Crippen LogP contribution in [0.15, 0.2) is 11.6 Å². The summed E-state index contributed by atoms with van der Waals surface area (Å²) in [5, 5.41) is 24.5. The monoisotopic (exact) mass is 618 g/mol. The fourth-order valence-electron chi connectivity index (χ4n) is 11.1. The van der Waals surface area contributed by atoms with Gasteiger partial charge in [-0.05, 0) is 107 Å². The molecule has 0 aliphatic heterocycles. The van der Waals surface area contributed by atoms with Crippen molar-refractivity contribution in [3.05, 3.63) is 11.6 Å². The summed E-state index contributed by atoms with van der Waals surface area (Å²) in [7, 11) is 1.26. The predicted octanol–water partition coefficient (Wildman–Crippen LogP) is 6.30. The fraction of sp³-hybridized carbons (Fsp3) is 0.861. The maximum absolute atomic E-state index is 12.6. The van der Waals surface area contributed by atoms with Gasteiger partial charge in [0.1, 0.15) is 18.6 Å². The molecule has 10 atom stereocenters. The summed E-state index contributed by atoms with van der Waals surface area (Å²) >= 11 is 0. The molecule has 4 aliphatic carbocycles.